The van der Waals surface area contributed by atoms with Gasteiger partial charge in [-0.3, -0.25) is 14.2 Å². The third-order valence-electron chi connectivity index (χ3n) is 7.49. The second-order valence-electron chi connectivity index (χ2n) is 9.34. The van der Waals surface area contributed by atoms with Crippen molar-refractivity contribution in [2.75, 3.05) is 44.3 Å². The van der Waals surface area contributed by atoms with E-state index >= 15 is 0 Å². The quantitative estimate of drug-likeness (QED) is 0.726. The predicted octanol–water partition coefficient (Wildman–Crippen LogP) is 1.06. The third-order valence-corrected chi connectivity index (χ3v) is 7.49. The molecule has 9 heteroatoms. The van der Waals surface area contributed by atoms with Crippen molar-refractivity contribution < 1.29 is 14.1 Å². The Balaban J connectivity index is 1.35. The highest BCUT2D eigenvalue weighted by Crippen LogP contribution is 2.43. The number of rotatable bonds is 3. The van der Waals surface area contributed by atoms with Crippen LogP contribution in [0.2, 0.25) is 0 Å². The number of amides is 1. The van der Waals surface area contributed by atoms with Crippen LogP contribution in [0.5, 0.6) is 0 Å². The van der Waals surface area contributed by atoms with E-state index in [2.05, 4.69) is 15.0 Å². The first-order chi connectivity index (χ1) is 15.1. The van der Waals surface area contributed by atoms with Crippen molar-refractivity contribution in [1.29, 1.82) is 0 Å². The minimum Gasteiger partial charge on any atom is -0.381 e. The number of anilines is 1. The Morgan fingerprint density at radius 3 is 2.68 bits per heavy atom. The van der Waals surface area contributed by atoms with Crippen LogP contribution in [0.25, 0.3) is 0 Å². The molecule has 4 aliphatic rings. The molecule has 1 amide bonds. The lowest BCUT2D eigenvalue weighted by Gasteiger charge is -2.46. The number of carbonyl (C=O) groups is 1. The third kappa shape index (κ3) is 3.01. The maximum absolute atomic E-state index is 13.8. The van der Waals surface area contributed by atoms with E-state index in [9.17, 15) is 9.59 Å². The smallest absolute Gasteiger partial charge is 0.266 e. The Bertz CT molecular complexity index is 1050. The molecule has 31 heavy (non-hydrogen) atoms. The molecule has 0 saturated carbocycles. The Kier molecular flexibility index (Phi) is 4.41. The molecule has 2 aromatic heterocycles. The van der Waals surface area contributed by atoms with E-state index < -0.39 is 6.04 Å². The number of fused-ring (bicyclic) bond motifs is 5. The average Bonchev–Trinajstić information content (AvgIpc) is 3.50. The summed E-state index contributed by atoms with van der Waals surface area (Å²) in [4.78, 5) is 35.3. The molecule has 3 fully saturated rings. The summed E-state index contributed by atoms with van der Waals surface area (Å²) in [6, 6.07) is 4.88. The van der Waals surface area contributed by atoms with Crippen molar-refractivity contribution in [3.63, 3.8) is 0 Å². The molecule has 2 aromatic rings. The number of likely N-dealkylation sites (tertiary alicyclic amines) is 1. The second-order valence-corrected chi connectivity index (χ2v) is 9.34. The van der Waals surface area contributed by atoms with E-state index in [-0.39, 0.29) is 23.3 Å². The molecule has 0 unspecified atom stereocenters. The van der Waals surface area contributed by atoms with Gasteiger partial charge in [-0.05, 0) is 17.6 Å². The minimum absolute atomic E-state index is 0.0270. The fraction of sp³-hybridized carbons (Fsp3) is 0.636. The van der Waals surface area contributed by atoms with Gasteiger partial charge < -0.3 is 19.1 Å². The van der Waals surface area contributed by atoms with Crippen molar-refractivity contribution in [3.05, 3.63) is 40.1 Å². The first-order valence-electron chi connectivity index (χ1n) is 11.3. The van der Waals surface area contributed by atoms with Crippen LogP contribution in [-0.4, -0.2) is 64.9 Å². The zero-order valence-corrected chi connectivity index (χ0v) is 17.6. The maximum Gasteiger partial charge on any atom is 0.266 e. The molecule has 0 aliphatic carbocycles. The van der Waals surface area contributed by atoms with E-state index in [1.807, 2.05) is 17.9 Å². The maximum atomic E-state index is 13.8. The van der Waals surface area contributed by atoms with Crippen LogP contribution < -0.4 is 10.5 Å². The van der Waals surface area contributed by atoms with E-state index in [0.29, 0.717) is 36.6 Å². The van der Waals surface area contributed by atoms with Crippen molar-refractivity contribution in [2.24, 2.45) is 17.8 Å². The molecular weight excluding hydrogens is 398 g/mol. The van der Waals surface area contributed by atoms with Gasteiger partial charge in [0, 0.05) is 68.0 Å². The number of ether oxygens (including phenoxy) is 1. The molecular formula is C22H27N5O4. The molecule has 164 valence electrons. The lowest BCUT2D eigenvalue weighted by Crippen LogP contribution is -2.54. The second kappa shape index (κ2) is 7.19. The van der Waals surface area contributed by atoms with Gasteiger partial charge in [-0.15, -0.1) is 0 Å². The summed E-state index contributed by atoms with van der Waals surface area (Å²) in [7, 11) is 0. The topological polar surface area (TPSA) is 93.7 Å². The largest absolute Gasteiger partial charge is 0.381 e. The summed E-state index contributed by atoms with van der Waals surface area (Å²) in [5, 5.41) is 4.16. The van der Waals surface area contributed by atoms with Crippen LogP contribution in [0.4, 0.5) is 5.95 Å². The predicted molar refractivity (Wildman–Crippen MR) is 111 cm³/mol. The number of pyridine rings is 1. The zero-order chi connectivity index (χ0) is 21.1. The molecule has 0 spiro atoms. The first kappa shape index (κ1) is 19.0. The molecule has 5 atom stereocenters. The molecule has 6 rings (SSSR count). The standard InChI is InChI=1S/C22H27N5O4/c1-2-18-23-22(24-31-18)26-7-13-6-14(8-26)20(27-17(13)4-3-5-19(27)28)21(29)25-9-15-11-30-12-16(15)10-25/h3-5,13-16,20H,2,6-12H2,1H3/t13-,14+,15-,16+,20+/m0/s1. The zero-order valence-electron chi connectivity index (χ0n) is 17.6. The van der Waals surface area contributed by atoms with Crippen LogP contribution in [0, 0.1) is 17.8 Å². The average molecular weight is 425 g/mol. The number of carbonyl (C=O) groups excluding carboxylic acids is 1. The summed E-state index contributed by atoms with van der Waals surface area (Å²) >= 11 is 0. The fourth-order valence-corrected chi connectivity index (χ4v) is 5.99. The molecule has 3 saturated heterocycles. The fourth-order valence-electron chi connectivity index (χ4n) is 5.99. The van der Waals surface area contributed by atoms with Gasteiger partial charge in [0.1, 0.15) is 6.04 Å². The minimum atomic E-state index is -0.486. The number of aromatic nitrogens is 3. The Hall–Kier alpha value is -2.68. The monoisotopic (exact) mass is 425 g/mol. The number of aryl methyl sites for hydroxylation is 1. The van der Waals surface area contributed by atoms with E-state index in [1.165, 1.54) is 0 Å². The van der Waals surface area contributed by atoms with Crippen molar-refractivity contribution in [1.82, 2.24) is 19.6 Å². The first-order valence-corrected chi connectivity index (χ1v) is 11.3. The van der Waals surface area contributed by atoms with Gasteiger partial charge in [-0.2, -0.15) is 4.98 Å². The van der Waals surface area contributed by atoms with Gasteiger partial charge in [-0.1, -0.05) is 13.0 Å². The highest BCUT2D eigenvalue weighted by atomic mass is 16.5. The summed E-state index contributed by atoms with van der Waals surface area (Å²) in [5.74, 6) is 2.28. The number of piperidine rings is 1. The SMILES string of the molecule is CCc1nc(N2C[C@@H]3C[C@H](C2)[C@H](C(=O)N2C[C@H]4COC[C@H]4C2)n2c3cccc2=O)no1. The lowest BCUT2D eigenvalue weighted by molar-refractivity contribution is -0.137. The Morgan fingerprint density at radius 2 is 1.94 bits per heavy atom. The Morgan fingerprint density at radius 1 is 1.13 bits per heavy atom. The summed E-state index contributed by atoms with van der Waals surface area (Å²) < 4.78 is 12.7. The summed E-state index contributed by atoms with van der Waals surface area (Å²) in [6.45, 7) is 6.24. The van der Waals surface area contributed by atoms with Crippen LogP contribution in [0.15, 0.2) is 27.5 Å². The molecule has 0 aromatic carbocycles. The Labute approximate surface area is 180 Å². The van der Waals surface area contributed by atoms with Crippen LogP contribution in [0.1, 0.15) is 36.9 Å². The molecule has 4 aliphatic heterocycles. The van der Waals surface area contributed by atoms with Gasteiger partial charge in [-0.25, -0.2) is 0 Å². The van der Waals surface area contributed by atoms with E-state index in [4.69, 9.17) is 9.26 Å². The van der Waals surface area contributed by atoms with E-state index in [0.717, 1.165) is 45.0 Å². The van der Waals surface area contributed by atoms with Crippen LogP contribution in [-0.2, 0) is 16.0 Å². The summed E-state index contributed by atoms with van der Waals surface area (Å²) in [5.41, 5.74) is 0.850. The van der Waals surface area contributed by atoms with Gasteiger partial charge >= 0.3 is 0 Å². The van der Waals surface area contributed by atoms with E-state index in [1.54, 1.807) is 16.7 Å². The normalized spacial score (nSPS) is 31.6. The van der Waals surface area contributed by atoms with Crippen molar-refractivity contribution >= 4 is 11.9 Å². The number of nitrogens with zero attached hydrogens (tertiary/aromatic N) is 5. The van der Waals surface area contributed by atoms with Gasteiger partial charge in [0.2, 0.25) is 11.8 Å². The summed E-state index contributed by atoms with van der Waals surface area (Å²) in [6.07, 6.45) is 1.58. The van der Waals surface area contributed by atoms with Gasteiger partial charge in [0.25, 0.3) is 11.5 Å². The van der Waals surface area contributed by atoms with Crippen molar-refractivity contribution in [3.8, 4) is 0 Å². The molecule has 0 radical (unpaired) electrons. The van der Waals surface area contributed by atoms with Crippen molar-refractivity contribution in [2.45, 2.75) is 31.7 Å². The number of hydrogen-bond acceptors (Lipinski definition) is 7. The van der Waals surface area contributed by atoms with Crippen LogP contribution >= 0.6 is 0 Å². The molecule has 9 nitrogen and oxygen atoms in total. The van der Waals surface area contributed by atoms with Crippen LogP contribution in [0.3, 0.4) is 0 Å². The molecule has 0 N–H and O–H groups in total. The molecule has 2 bridgehead atoms. The van der Waals surface area contributed by atoms with Gasteiger partial charge in [0.05, 0.1) is 13.2 Å². The molecule has 6 heterocycles. The van der Waals surface area contributed by atoms with Gasteiger partial charge in [0.15, 0.2) is 0 Å². The number of hydrogen-bond donors (Lipinski definition) is 0. The lowest BCUT2D eigenvalue weighted by atomic mass is 9.78. The highest BCUT2D eigenvalue weighted by molar-refractivity contribution is 5.82. The highest BCUT2D eigenvalue weighted by Gasteiger charge is 2.48.